The van der Waals surface area contributed by atoms with Gasteiger partial charge in [-0.2, -0.15) is 0 Å². The molecule has 0 amide bonds. The van der Waals surface area contributed by atoms with Gasteiger partial charge in [-0.25, -0.2) is 0 Å². The van der Waals surface area contributed by atoms with E-state index in [9.17, 15) is 0 Å². The lowest BCUT2D eigenvalue weighted by Gasteiger charge is -2.39. The minimum absolute atomic E-state index is 0.0819. The van der Waals surface area contributed by atoms with E-state index in [1.807, 2.05) is 36.4 Å². The molecule has 0 spiro atoms. The van der Waals surface area contributed by atoms with Crippen molar-refractivity contribution in [2.75, 3.05) is 32.7 Å². The molecule has 0 aliphatic carbocycles. The topological polar surface area (TPSA) is 43.0 Å². The van der Waals surface area contributed by atoms with Gasteiger partial charge in [0.2, 0.25) is 0 Å². The highest BCUT2D eigenvalue weighted by atomic mass is 79.9. The largest absolute Gasteiger partial charge is 0.493 e. The van der Waals surface area contributed by atoms with Gasteiger partial charge in [-0.05, 0) is 84.2 Å². The summed E-state index contributed by atoms with van der Waals surface area (Å²) in [6.45, 7) is 3.37. The predicted octanol–water partition coefficient (Wildman–Crippen LogP) is 6.40. The minimum atomic E-state index is -0.0819. The molecule has 4 rings (SSSR count). The molecule has 1 heterocycles. The van der Waals surface area contributed by atoms with Crippen LogP contribution in [0.1, 0.15) is 29.7 Å². The van der Waals surface area contributed by atoms with Gasteiger partial charge in [0.05, 0.1) is 20.3 Å². The summed E-state index contributed by atoms with van der Waals surface area (Å²) in [4.78, 5) is 2.20. The van der Waals surface area contributed by atoms with Gasteiger partial charge in [0.1, 0.15) is 12.4 Å². The number of rotatable bonds is 7. The van der Waals surface area contributed by atoms with Crippen molar-refractivity contribution < 1.29 is 14.2 Å². The number of benzene rings is 3. The molecule has 3 aromatic carbocycles. The van der Waals surface area contributed by atoms with E-state index in [1.165, 1.54) is 11.1 Å². The maximum atomic E-state index is 6.27. The molecular formula is C27H29BrN2O3S. The Hall–Kier alpha value is -2.77. The van der Waals surface area contributed by atoms with Gasteiger partial charge in [-0.15, -0.1) is 0 Å². The normalized spacial score (nSPS) is 14.8. The van der Waals surface area contributed by atoms with Crippen molar-refractivity contribution in [3.63, 3.8) is 0 Å². The number of hydrogen-bond donors (Lipinski definition) is 1. The number of thiocarbonyl (C=S) groups is 1. The lowest BCUT2D eigenvalue weighted by atomic mass is 9.92. The molecule has 0 aromatic heterocycles. The average Bonchev–Trinajstić information content (AvgIpc) is 2.86. The van der Waals surface area contributed by atoms with Crippen molar-refractivity contribution in [2.24, 2.45) is 0 Å². The Morgan fingerprint density at radius 1 is 1.06 bits per heavy atom. The van der Waals surface area contributed by atoms with E-state index in [0.29, 0.717) is 17.5 Å². The summed E-state index contributed by atoms with van der Waals surface area (Å²) >= 11 is 9.40. The van der Waals surface area contributed by atoms with E-state index in [2.05, 4.69) is 57.3 Å². The van der Waals surface area contributed by atoms with Crippen LogP contribution in [0.25, 0.3) is 0 Å². The van der Waals surface area contributed by atoms with Crippen molar-refractivity contribution in [3.05, 3.63) is 81.8 Å². The molecule has 0 saturated carbocycles. The molecule has 1 N–H and O–H groups in total. The third kappa shape index (κ3) is 5.47. The van der Waals surface area contributed by atoms with Gasteiger partial charge in [-0.3, -0.25) is 0 Å². The fourth-order valence-electron chi connectivity index (χ4n) is 4.21. The lowest BCUT2D eigenvalue weighted by molar-refractivity contribution is 0.190. The van der Waals surface area contributed by atoms with Crippen LogP contribution in [0.4, 0.5) is 5.69 Å². The third-order valence-electron chi connectivity index (χ3n) is 6.08. The molecule has 1 aliphatic rings. The quantitative estimate of drug-likeness (QED) is 0.349. The van der Waals surface area contributed by atoms with Crippen LogP contribution < -0.4 is 19.5 Å². The standard InChI is InChI=1S/C27H29BrN2O3S/c1-4-18-8-10-22(11-9-18)33-17-24-23-16-26(32-3)25(31-2)14-19(23)12-13-30(24)27(34)29-21-7-5-6-20(28)15-21/h5-11,14-16,24H,4,12-13,17H2,1-3H3,(H,29,34). The maximum absolute atomic E-state index is 6.27. The van der Waals surface area contributed by atoms with E-state index in [1.54, 1.807) is 14.2 Å². The molecular weight excluding hydrogens is 512 g/mol. The molecule has 0 bridgehead atoms. The molecule has 5 nitrogen and oxygen atoms in total. The third-order valence-corrected chi connectivity index (χ3v) is 6.91. The first-order valence-corrected chi connectivity index (χ1v) is 12.5. The number of methoxy groups -OCH3 is 2. The molecule has 3 aromatic rings. The number of ether oxygens (including phenoxy) is 3. The Kier molecular flexibility index (Phi) is 7.95. The van der Waals surface area contributed by atoms with Crippen molar-refractivity contribution in [3.8, 4) is 17.2 Å². The van der Waals surface area contributed by atoms with Crippen molar-refractivity contribution in [1.29, 1.82) is 0 Å². The Morgan fingerprint density at radius 2 is 1.79 bits per heavy atom. The van der Waals surface area contributed by atoms with Gasteiger partial charge in [0, 0.05) is 16.7 Å². The summed E-state index contributed by atoms with van der Waals surface area (Å²) in [7, 11) is 3.32. The lowest BCUT2D eigenvalue weighted by Crippen LogP contribution is -2.44. The second-order valence-corrected chi connectivity index (χ2v) is 9.42. The van der Waals surface area contributed by atoms with Gasteiger partial charge >= 0.3 is 0 Å². The summed E-state index contributed by atoms with van der Waals surface area (Å²) in [5.74, 6) is 2.28. The van der Waals surface area contributed by atoms with Crippen molar-refractivity contribution >= 4 is 38.9 Å². The van der Waals surface area contributed by atoms with Crippen molar-refractivity contribution in [1.82, 2.24) is 4.90 Å². The molecule has 1 unspecified atom stereocenters. The Balaban J connectivity index is 1.63. The fraction of sp³-hybridized carbons (Fsp3) is 0.296. The van der Waals surface area contributed by atoms with Gasteiger partial charge in [0.25, 0.3) is 0 Å². The van der Waals surface area contributed by atoms with E-state index in [-0.39, 0.29) is 6.04 Å². The summed E-state index contributed by atoms with van der Waals surface area (Å²) < 4.78 is 18.4. The van der Waals surface area contributed by atoms with E-state index < -0.39 is 0 Å². The SMILES string of the molecule is CCc1ccc(OCC2c3cc(OC)c(OC)cc3CCN2C(=S)Nc2cccc(Br)c2)cc1. The Bertz CT molecular complexity index is 1150. The number of aryl methyl sites for hydroxylation is 1. The van der Waals surface area contributed by atoms with Crippen LogP contribution in [0.2, 0.25) is 0 Å². The number of nitrogens with one attached hydrogen (secondary N) is 1. The number of hydrogen-bond acceptors (Lipinski definition) is 4. The second kappa shape index (κ2) is 11.1. The van der Waals surface area contributed by atoms with E-state index >= 15 is 0 Å². The van der Waals surface area contributed by atoms with Crippen molar-refractivity contribution in [2.45, 2.75) is 25.8 Å². The fourth-order valence-corrected chi connectivity index (χ4v) is 4.94. The highest BCUT2D eigenvalue weighted by molar-refractivity contribution is 9.10. The Morgan fingerprint density at radius 3 is 2.47 bits per heavy atom. The number of nitrogens with zero attached hydrogens (tertiary/aromatic N) is 1. The zero-order chi connectivity index (χ0) is 24.1. The number of anilines is 1. The highest BCUT2D eigenvalue weighted by Crippen LogP contribution is 2.38. The van der Waals surface area contributed by atoms with Crippen LogP contribution in [-0.4, -0.2) is 37.4 Å². The average molecular weight is 542 g/mol. The molecule has 178 valence electrons. The molecule has 0 fully saturated rings. The minimum Gasteiger partial charge on any atom is -0.493 e. The highest BCUT2D eigenvalue weighted by Gasteiger charge is 2.31. The zero-order valence-electron chi connectivity index (χ0n) is 19.6. The van der Waals surface area contributed by atoms with Crippen LogP contribution in [0.3, 0.4) is 0 Å². The summed E-state index contributed by atoms with van der Waals surface area (Å²) in [6.07, 6.45) is 1.85. The van der Waals surface area contributed by atoms with Crippen LogP contribution in [0, 0.1) is 0 Å². The smallest absolute Gasteiger partial charge is 0.174 e. The molecule has 0 radical (unpaired) electrons. The first-order chi connectivity index (χ1) is 16.5. The predicted molar refractivity (Wildman–Crippen MR) is 144 cm³/mol. The monoisotopic (exact) mass is 540 g/mol. The van der Waals surface area contributed by atoms with Crippen LogP contribution in [0.15, 0.2) is 65.1 Å². The molecule has 1 atom stereocenters. The maximum Gasteiger partial charge on any atom is 0.174 e. The zero-order valence-corrected chi connectivity index (χ0v) is 22.0. The summed E-state index contributed by atoms with van der Waals surface area (Å²) in [6, 6.07) is 20.3. The Labute approximate surface area is 215 Å². The molecule has 1 aliphatic heterocycles. The first kappa shape index (κ1) is 24.4. The van der Waals surface area contributed by atoms with E-state index in [0.717, 1.165) is 46.6 Å². The van der Waals surface area contributed by atoms with Gasteiger partial charge in [-0.1, -0.05) is 41.1 Å². The first-order valence-electron chi connectivity index (χ1n) is 11.3. The van der Waals surface area contributed by atoms with Gasteiger partial charge in [0.15, 0.2) is 16.6 Å². The number of halogens is 1. The summed E-state index contributed by atoms with van der Waals surface area (Å²) in [5, 5.41) is 4.05. The number of fused-ring (bicyclic) bond motifs is 1. The van der Waals surface area contributed by atoms with Crippen LogP contribution in [-0.2, 0) is 12.8 Å². The molecule has 0 saturated heterocycles. The summed E-state index contributed by atoms with van der Waals surface area (Å²) in [5.41, 5.74) is 4.57. The second-order valence-electron chi connectivity index (χ2n) is 8.11. The van der Waals surface area contributed by atoms with Crippen LogP contribution >= 0.6 is 28.1 Å². The molecule has 7 heteroatoms. The molecule has 34 heavy (non-hydrogen) atoms. The van der Waals surface area contributed by atoms with E-state index in [4.69, 9.17) is 26.4 Å². The van der Waals surface area contributed by atoms with Gasteiger partial charge < -0.3 is 24.4 Å². The van der Waals surface area contributed by atoms with Crippen LogP contribution in [0.5, 0.6) is 17.2 Å².